The summed E-state index contributed by atoms with van der Waals surface area (Å²) >= 11 is 5.90. The highest BCUT2D eigenvalue weighted by Gasteiger charge is 2.29. The quantitative estimate of drug-likeness (QED) is 0.708. The molecule has 1 aliphatic rings. The summed E-state index contributed by atoms with van der Waals surface area (Å²) < 4.78 is 18.0. The molecule has 0 aromatic heterocycles. The fourth-order valence-corrected chi connectivity index (χ4v) is 2.48. The molecule has 0 aliphatic heterocycles. The van der Waals surface area contributed by atoms with Crippen LogP contribution in [0, 0.1) is 5.82 Å². The number of rotatable bonds is 1. The fourth-order valence-electron chi connectivity index (χ4n) is 2.21. The molecular weight excluding hydrogens is 231 g/mol. The van der Waals surface area contributed by atoms with E-state index in [4.69, 9.17) is 16.3 Å². The minimum Gasteiger partial charge on any atom is -0.469 e. The van der Waals surface area contributed by atoms with E-state index < -0.39 is 5.82 Å². The molecule has 0 radical (unpaired) electrons. The maximum absolute atomic E-state index is 13.3. The number of fused-ring (bicyclic) bond motifs is 1. The first-order valence-corrected chi connectivity index (χ1v) is 5.57. The molecule has 2 rings (SSSR count). The molecule has 86 valence electrons. The molecule has 0 fully saturated rings. The van der Waals surface area contributed by atoms with E-state index >= 15 is 0 Å². The second-order valence-corrected chi connectivity index (χ2v) is 4.28. The summed E-state index contributed by atoms with van der Waals surface area (Å²) in [6.45, 7) is 0. The second-order valence-electron chi connectivity index (χ2n) is 3.90. The number of halogens is 2. The van der Waals surface area contributed by atoms with E-state index in [0.29, 0.717) is 0 Å². The van der Waals surface area contributed by atoms with Crippen LogP contribution in [0.1, 0.15) is 29.9 Å². The van der Waals surface area contributed by atoms with Gasteiger partial charge in [-0.05, 0) is 36.5 Å². The van der Waals surface area contributed by atoms with Crippen molar-refractivity contribution in [3.8, 4) is 0 Å². The van der Waals surface area contributed by atoms with Crippen molar-refractivity contribution in [2.75, 3.05) is 7.11 Å². The van der Waals surface area contributed by atoms with E-state index in [1.807, 2.05) is 0 Å². The van der Waals surface area contributed by atoms with E-state index in [1.54, 1.807) is 6.07 Å². The summed E-state index contributed by atoms with van der Waals surface area (Å²) in [7, 11) is 1.36. The average Bonchev–Trinajstić information content (AvgIpc) is 2.32. The third-order valence-corrected chi connectivity index (χ3v) is 3.42. The molecule has 0 spiro atoms. The molecule has 1 aliphatic carbocycles. The van der Waals surface area contributed by atoms with Crippen LogP contribution in [0.2, 0.25) is 5.02 Å². The van der Waals surface area contributed by atoms with Crippen molar-refractivity contribution in [2.24, 2.45) is 0 Å². The lowest BCUT2D eigenvalue weighted by Crippen LogP contribution is -2.20. The van der Waals surface area contributed by atoms with Gasteiger partial charge in [0.2, 0.25) is 0 Å². The van der Waals surface area contributed by atoms with Crippen molar-refractivity contribution >= 4 is 17.6 Å². The number of hydrogen-bond donors (Lipinski definition) is 0. The number of methoxy groups -OCH3 is 1. The predicted octanol–water partition coefficient (Wildman–Crippen LogP) is 3.07. The zero-order chi connectivity index (χ0) is 11.7. The summed E-state index contributed by atoms with van der Waals surface area (Å²) in [6, 6.07) is 2.94. The van der Waals surface area contributed by atoms with Crippen LogP contribution < -0.4 is 0 Å². The lowest BCUT2D eigenvalue weighted by atomic mass is 9.83. The standard InChI is InChI=1S/C12H12ClFO2/c1-16-12(15)9-4-2-3-8-7(9)5-6-10(14)11(8)13/h5-6,9H,2-4H2,1H3. The second kappa shape index (κ2) is 4.42. The zero-order valence-corrected chi connectivity index (χ0v) is 9.68. The monoisotopic (exact) mass is 242 g/mol. The van der Waals surface area contributed by atoms with Crippen molar-refractivity contribution in [1.82, 2.24) is 0 Å². The van der Waals surface area contributed by atoms with E-state index in [-0.39, 0.29) is 16.9 Å². The molecule has 2 nitrogen and oxygen atoms in total. The molecule has 16 heavy (non-hydrogen) atoms. The highest BCUT2D eigenvalue weighted by molar-refractivity contribution is 6.31. The number of esters is 1. The Hall–Kier alpha value is -1.09. The summed E-state index contributed by atoms with van der Waals surface area (Å²) in [4.78, 5) is 11.6. The first-order chi connectivity index (χ1) is 7.65. The third-order valence-electron chi connectivity index (χ3n) is 3.01. The van der Waals surface area contributed by atoms with Crippen molar-refractivity contribution in [3.05, 3.63) is 34.1 Å². The van der Waals surface area contributed by atoms with Gasteiger partial charge in [0.1, 0.15) is 5.82 Å². The van der Waals surface area contributed by atoms with Gasteiger partial charge in [-0.3, -0.25) is 4.79 Å². The molecule has 0 N–H and O–H groups in total. The van der Waals surface area contributed by atoms with Crippen molar-refractivity contribution < 1.29 is 13.9 Å². The first kappa shape index (κ1) is 11.4. The Kier molecular flexibility index (Phi) is 3.15. The van der Waals surface area contributed by atoms with Gasteiger partial charge < -0.3 is 4.74 Å². The van der Waals surface area contributed by atoms with E-state index in [1.165, 1.54) is 13.2 Å². The predicted molar refractivity (Wildman–Crippen MR) is 59.1 cm³/mol. The number of hydrogen-bond acceptors (Lipinski definition) is 2. The van der Waals surface area contributed by atoms with Gasteiger partial charge in [-0.2, -0.15) is 0 Å². The normalized spacial score (nSPS) is 19.1. The summed E-state index contributed by atoms with van der Waals surface area (Å²) in [5, 5.41) is 0.145. The molecule has 0 saturated carbocycles. The van der Waals surface area contributed by atoms with Gasteiger partial charge in [0.15, 0.2) is 0 Å². The number of benzene rings is 1. The molecule has 0 saturated heterocycles. The third kappa shape index (κ3) is 1.80. The number of carbonyl (C=O) groups excluding carboxylic acids is 1. The molecule has 0 heterocycles. The Bertz CT molecular complexity index is 431. The topological polar surface area (TPSA) is 26.3 Å². The van der Waals surface area contributed by atoms with Crippen LogP contribution in [0.25, 0.3) is 0 Å². The molecule has 1 unspecified atom stereocenters. The van der Waals surface area contributed by atoms with Gasteiger partial charge in [-0.15, -0.1) is 0 Å². The van der Waals surface area contributed by atoms with Gasteiger partial charge in [0.25, 0.3) is 0 Å². The Balaban J connectivity index is 2.47. The SMILES string of the molecule is COC(=O)C1CCCc2c1ccc(F)c2Cl. The molecule has 0 amide bonds. The van der Waals surface area contributed by atoms with Crippen molar-refractivity contribution in [2.45, 2.75) is 25.2 Å². The Morgan fingerprint density at radius 3 is 3.00 bits per heavy atom. The van der Waals surface area contributed by atoms with Crippen LogP contribution in [0.3, 0.4) is 0 Å². The molecule has 1 aromatic carbocycles. The van der Waals surface area contributed by atoms with Crippen LogP contribution in [-0.2, 0) is 16.0 Å². The minimum absolute atomic E-state index is 0.145. The molecular formula is C12H12ClFO2. The van der Waals surface area contributed by atoms with Crippen LogP contribution >= 0.6 is 11.6 Å². The largest absolute Gasteiger partial charge is 0.469 e. The number of carbonyl (C=O) groups is 1. The Labute approximate surface area is 98.4 Å². The van der Waals surface area contributed by atoms with Gasteiger partial charge in [-0.1, -0.05) is 17.7 Å². The average molecular weight is 243 g/mol. The van der Waals surface area contributed by atoms with Crippen LogP contribution in [-0.4, -0.2) is 13.1 Å². The lowest BCUT2D eigenvalue weighted by molar-refractivity contribution is -0.142. The van der Waals surface area contributed by atoms with Crippen molar-refractivity contribution in [3.63, 3.8) is 0 Å². The van der Waals surface area contributed by atoms with Gasteiger partial charge in [-0.25, -0.2) is 4.39 Å². The van der Waals surface area contributed by atoms with Crippen LogP contribution in [0.4, 0.5) is 4.39 Å². The highest BCUT2D eigenvalue weighted by Crippen LogP contribution is 2.37. The van der Waals surface area contributed by atoms with Gasteiger partial charge in [0.05, 0.1) is 18.1 Å². The van der Waals surface area contributed by atoms with Gasteiger partial charge in [0, 0.05) is 0 Å². The number of ether oxygens (including phenoxy) is 1. The molecule has 4 heteroatoms. The van der Waals surface area contributed by atoms with E-state index in [9.17, 15) is 9.18 Å². The van der Waals surface area contributed by atoms with E-state index in [0.717, 1.165) is 30.4 Å². The maximum atomic E-state index is 13.3. The summed E-state index contributed by atoms with van der Waals surface area (Å²) in [5.74, 6) is -0.999. The Morgan fingerprint density at radius 1 is 1.56 bits per heavy atom. The van der Waals surface area contributed by atoms with Crippen LogP contribution in [0.5, 0.6) is 0 Å². The van der Waals surface area contributed by atoms with E-state index in [2.05, 4.69) is 0 Å². The smallest absolute Gasteiger partial charge is 0.313 e. The zero-order valence-electron chi connectivity index (χ0n) is 8.93. The molecule has 1 aromatic rings. The first-order valence-electron chi connectivity index (χ1n) is 5.19. The molecule has 1 atom stereocenters. The lowest BCUT2D eigenvalue weighted by Gasteiger charge is -2.24. The van der Waals surface area contributed by atoms with Gasteiger partial charge >= 0.3 is 5.97 Å². The summed E-state index contributed by atoms with van der Waals surface area (Å²) in [5.41, 5.74) is 1.56. The molecule has 0 bridgehead atoms. The fraction of sp³-hybridized carbons (Fsp3) is 0.417. The minimum atomic E-state index is -0.425. The Morgan fingerprint density at radius 2 is 2.31 bits per heavy atom. The van der Waals surface area contributed by atoms with Crippen molar-refractivity contribution in [1.29, 1.82) is 0 Å². The highest BCUT2D eigenvalue weighted by atomic mass is 35.5. The van der Waals surface area contributed by atoms with Crippen LogP contribution in [0.15, 0.2) is 12.1 Å². The summed E-state index contributed by atoms with van der Waals surface area (Å²) in [6.07, 6.45) is 2.29. The maximum Gasteiger partial charge on any atom is 0.313 e.